The van der Waals surface area contributed by atoms with Crippen LogP contribution >= 0.6 is 0 Å². The number of aldehydes is 1. The van der Waals surface area contributed by atoms with E-state index in [1.165, 1.54) is 19.2 Å². The number of nitrogens with one attached hydrogen (secondary N) is 2. The second-order valence-corrected chi connectivity index (χ2v) is 4.05. The Morgan fingerprint density at radius 3 is 2.42 bits per heavy atom. The van der Waals surface area contributed by atoms with E-state index < -0.39 is 0 Å². The summed E-state index contributed by atoms with van der Waals surface area (Å²) in [5.41, 5.74) is 1.88. The monoisotopic (exact) mass is 256 g/mol. The summed E-state index contributed by atoms with van der Waals surface area (Å²) >= 11 is 0. The molecule has 0 bridgehead atoms. The van der Waals surface area contributed by atoms with Gasteiger partial charge in [-0.1, -0.05) is 0 Å². The number of amides is 1. The number of carbonyl (C=O) groups is 3. The molecule has 0 radical (unpaired) electrons. The Labute approximate surface area is 109 Å². The maximum absolute atomic E-state index is 11.8. The minimum atomic E-state index is -0.344. The molecule has 0 aliphatic rings. The molecule has 2 rings (SSSR count). The molecule has 1 amide bonds. The molecule has 1 aromatic heterocycles. The molecule has 0 aliphatic carbocycles. The molecule has 0 fully saturated rings. The van der Waals surface area contributed by atoms with E-state index in [0.717, 1.165) is 0 Å². The zero-order chi connectivity index (χ0) is 13.8. The normalized spacial score (nSPS) is 9.95. The molecular weight excluding hydrogens is 244 g/mol. The fourth-order valence-electron chi connectivity index (χ4n) is 1.60. The number of carbonyl (C=O) groups excluding carboxylic acids is 3. The number of ketones is 1. The third-order valence-electron chi connectivity index (χ3n) is 2.64. The van der Waals surface area contributed by atoms with Crippen LogP contribution in [0.2, 0.25) is 0 Å². The van der Waals surface area contributed by atoms with Crippen LogP contribution in [0.15, 0.2) is 36.5 Å². The number of benzene rings is 1. The van der Waals surface area contributed by atoms with Crippen LogP contribution in [0.25, 0.3) is 0 Å². The van der Waals surface area contributed by atoms with Crippen molar-refractivity contribution in [2.45, 2.75) is 6.92 Å². The molecule has 2 N–H and O–H groups in total. The number of Topliss-reactive ketones (excluding diaryl/α,β-unsaturated/α-hetero) is 1. The van der Waals surface area contributed by atoms with Gasteiger partial charge in [0.25, 0.3) is 5.91 Å². The van der Waals surface area contributed by atoms with Gasteiger partial charge in [0, 0.05) is 23.0 Å². The number of rotatable bonds is 4. The third-order valence-corrected chi connectivity index (χ3v) is 2.64. The van der Waals surface area contributed by atoms with Gasteiger partial charge in [0.2, 0.25) is 0 Å². The Morgan fingerprint density at radius 2 is 1.89 bits per heavy atom. The number of hydrogen-bond donors (Lipinski definition) is 2. The Bertz CT molecular complexity index is 626. The van der Waals surface area contributed by atoms with Gasteiger partial charge >= 0.3 is 0 Å². The van der Waals surface area contributed by atoms with Gasteiger partial charge in [-0.15, -0.1) is 0 Å². The van der Waals surface area contributed by atoms with Gasteiger partial charge in [-0.05, 0) is 37.3 Å². The Balaban J connectivity index is 2.10. The van der Waals surface area contributed by atoms with Crippen molar-refractivity contribution in [2.24, 2.45) is 0 Å². The standard InChI is InChI=1S/C14H12N2O3/c1-9(18)11-2-4-12(5-3-11)16-14(19)13-6-10(8-17)7-15-13/h2-8,15H,1H3,(H,16,19). The lowest BCUT2D eigenvalue weighted by Gasteiger charge is -2.04. The van der Waals surface area contributed by atoms with Crippen molar-refractivity contribution in [3.05, 3.63) is 53.3 Å². The summed E-state index contributed by atoms with van der Waals surface area (Å²) in [4.78, 5) is 36.2. The van der Waals surface area contributed by atoms with E-state index in [-0.39, 0.29) is 11.7 Å². The second-order valence-electron chi connectivity index (χ2n) is 4.05. The van der Waals surface area contributed by atoms with Crippen LogP contribution in [0.1, 0.15) is 38.1 Å². The average molecular weight is 256 g/mol. The highest BCUT2D eigenvalue weighted by molar-refractivity contribution is 6.04. The first-order chi connectivity index (χ1) is 9.10. The lowest BCUT2D eigenvalue weighted by Crippen LogP contribution is -2.12. The highest BCUT2D eigenvalue weighted by Crippen LogP contribution is 2.11. The van der Waals surface area contributed by atoms with Crippen molar-refractivity contribution in [2.75, 3.05) is 5.32 Å². The van der Waals surface area contributed by atoms with Crippen molar-refractivity contribution < 1.29 is 14.4 Å². The predicted molar refractivity (Wildman–Crippen MR) is 70.6 cm³/mol. The lowest BCUT2D eigenvalue weighted by molar-refractivity contribution is 0.101. The van der Waals surface area contributed by atoms with Gasteiger partial charge in [-0.2, -0.15) is 0 Å². The highest BCUT2D eigenvalue weighted by atomic mass is 16.2. The van der Waals surface area contributed by atoms with Crippen LogP contribution in [0.3, 0.4) is 0 Å². The number of aromatic nitrogens is 1. The van der Waals surface area contributed by atoms with Crippen LogP contribution in [0, 0.1) is 0 Å². The maximum atomic E-state index is 11.8. The summed E-state index contributed by atoms with van der Waals surface area (Å²) < 4.78 is 0. The Hall–Kier alpha value is -2.69. The van der Waals surface area contributed by atoms with Gasteiger partial charge < -0.3 is 10.3 Å². The zero-order valence-corrected chi connectivity index (χ0v) is 10.3. The summed E-state index contributed by atoms with van der Waals surface area (Å²) in [5, 5.41) is 2.66. The summed E-state index contributed by atoms with van der Waals surface area (Å²) in [5.74, 6) is -0.374. The molecule has 0 unspecified atom stereocenters. The van der Waals surface area contributed by atoms with E-state index in [2.05, 4.69) is 10.3 Å². The SMILES string of the molecule is CC(=O)c1ccc(NC(=O)c2cc(C=O)c[nH]2)cc1. The van der Waals surface area contributed by atoms with Crippen molar-refractivity contribution in [1.82, 2.24) is 4.98 Å². The fourth-order valence-corrected chi connectivity index (χ4v) is 1.60. The zero-order valence-electron chi connectivity index (χ0n) is 10.3. The molecule has 2 aromatic rings. The van der Waals surface area contributed by atoms with Gasteiger partial charge in [0.15, 0.2) is 12.1 Å². The number of hydrogen-bond acceptors (Lipinski definition) is 3. The first-order valence-corrected chi connectivity index (χ1v) is 5.66. The topological polar surface area (TPSA) is 79.0 Å². The molecule has 0 saturated carbocycles. The molecule has 0 aliphatic heterocycles. The van der Waals surface area contributed by atoms with E-state index in [0.29, 0.717) is 28.8 Å². The Kier molecular flexibility index (Phi) is 3.56. The van der Waals surface area contributed by atoms with E-state index >= 15 is 0 Å². The smallest absolute Gasteiger partial charge is 0.272 e. The molecule has 19 heavy (non-hydrogen) atoms. The maximum Gasteiger partial charge on any atom is 0.272 e. The molecule has 96 valence electrons. The quantitative estimate of drug-likeness (QED) is 0.650. The first kappa shape index (κ1) is 12.8. The van der Waals surface area contributed by atoms with Crippen molar-refractivity contribution >= 4 is 23.7 Å². The molecular formula is C14H12N2O3. The number of H-pyrrole nitrogens is 1. The Morgan fingerprint density at radius 1 is 1.21 bits per heavy atom. The minimum Gasteiger partial charge on any atom is -0.356 e. The van der Waals surface area contributed by atoms with Crippen LogP contribution in [0.5, 0.6) is 0 Å². The van der Waals surface area contributed by atoms with Gasteiger partial charge in [-0.25, -0.2) is 0 Å². The van der Waals surface area contributed by atoms with Crippen molar-refractivity contribution in [3.8, 4) is 0 Å². The summed E-state index contributed by atoms with van der Waals surface area (Å²) in [6.07, 6.45) is 2.12. The van der Waals surface area contributed by atoms with Gasteiger partial charge in [-0.3, -0.25) is 14.4 Å². The molecule has 5 nitrogen and oxygen atoms in total. The van der Waals surface area contributed by atoms with Gasteiger partial charge in [0.1, 0.15) is 5.69 Å². The summed E-state index contributed by atoms with van der Waals surface area (Å²) in [6, 6.07) is 8.05. The van der Waals surface area contributed by atoms with Crippen LogP contribution in [-0.4, -0.2) is 23.0 Å². The van der Waals surface area contributed by atoms with Crippen LogP contribution < -0.4 is 5.32 Å². The van der Waals surface area contributed by atoms with Gasteiger partial charge in [0.05, 0.1) is 0 Å². The third kappa shape index (κ3) is 2.95. The fraction of sp³-hybridized carbons (Fsp3) is 0.0714. The lowest BCUT2D eigenvalue weighted by atomic mass is 10.1. The highest BCUT2D eigenvalue weighted by Gasteiger charge is 2.09. The van der Waals surface area contributed by atoms with Crippen molar-refractivity contribution in [3.63, 3.8) is 0 Å². The van der Waals surface area contributed by atoms with E-state index in [4.69, 9.17) is 0 Å². The average Bonchev–Trinajstić information content (AvgIpc) is 2.88. The first-order valence-electron chi connectivity index (χ1n) is 5.66. The predicted octanol–water partition coefficient (Wildman–Crippen LogP) is 2.28. The number of anilines is 1. The second kappa shape index (κ2) is 5.30. The van der Waals surface area contributed by atoms with E-state index in [1.54, 1.807) is 24.3 Å². The molecule has 1 heterocycles. The van der Waals surface area contributed by atoms with E-state index in [9.17, 15) is 14.4 Å². The molecule has 0 atom stereocenters. The summed E-state index contributed by atoms with van der Waals surface area (Å²) in [7, 11) is 0. The van der Waals surface area contributed by atoms with Crippen LogP contribution in [-0.2, 0) is 0 Å². The molecule has 1 aromatic carbocycles. The number of aromatic amines is 1. The molecule has 0 spiro atoms. The largest absolute Gasteiger partial charge is 0.356 e. The van der Waals surface area contributed by atoms with E-state index in [1.807, 2.05) is 0 Å². The van der Waals surface area contributed by atoms with Crippen molar-refractivity contribution in [1.29, 1.82) is 0 Å². The molecule has 0 saturated heterocycles. The van der Waals surface area contributed by atoms with Crippen LogP contribution in [0.4, 0.5) is 5.69 Å². The molecule has 5 heteroatoms. The summed E-state index contributed by atoms with van der Waals surface area (Å²) in [6.45, 7) is 1.48. The minimum absolute atomic E-state index is 0.0298.